The standard InChI is InChI=1S/C21H22N2O3S/c1-13(2)22-20(24)15-8-9-18-17(12-15)23(3)21(25)19(27-18)11-14-6-5-7-16(10-14)26-4/h5-13H,1-4H3,(H,22,24). The highest BCUT2D eigenvalue weighted by atomic mass is 32.2. The van der Waals surface area contributed by atoms with Gasteiger partial charge in [-0.05, 0) is 55.8 Å². The molecule has 6 heteroatoms. The first-order chi connectivity index (χ1) is 12.9. The molecule has 27 heavy (non-hydrogen) atoms. The lowest BCUT2D eigenvalue weighted by Gasteiger charge is -2.27. The van der Waals surface area contributed by atoms with Crippen LogP contribution in [0.25, 0.3) is 6.08 Å². The minimum Gasteiger partial charge on any atom is -0.497 e. The Morgan fingerprint density at radius 3 is 2.70 bits per heavy atom. The van der Waals surface area contributed by atoms with Crippen LogP contribution in [0.15, 0.2) is 52.3 Å². The van der Waals surface area contributed by atoms with Crippen LogP contribution in [0, 0.1) is 0 Å². The van der Waals surface area contributed by atoms with Gasteiger partial charge in [0.05, 0.1) is 17.7 Å². The zero-order valence-corrected chi connectivity index (χ0v) is 16.6. The van der Waals surface area contributed by atoms with Crippen molar-refractivity contribution in [3.05, 3.63) is 58.5 Å². The molecule has 140 valence electrons. The number of hydrogen-bond acceptors (Lipinski definition) is 4. The molecule has 0 saturated heterocycles. The number of likely N-dealkylation sites (N-methyl/N-ethyl adjacent to an activating group) is 1. The maximum Gasteiger partial charge on any atom is 0.264 e. The van der Waals surface area contributed by atoms with Crippen LogP contribution in [0.1, 0.15) is 29.8 Å². The first kappa shape index (κ1) is 19.0. The van der Waals surface area contributed by atoms with Crippen molar-refractivity contribution >= 4 is 35.3 Å². The number of carbonyl (C=O) groups is 2. The van der Waals surface area contributed by atoms with Crippen molar-refractivity contribution in [3.8, 4) is 5.75 Å². The van der Waals surface area contributed by atoms with E-state index in [4.69, 9.17) is 4.74 Å². The minimum absolute atomic E-state index is 0.0552. The first-order valence-electron chi connectivity index (χ1n) is 8.65. The normalized spacial score (nSPS) is 15.1. The van der Waals surface area contributed by atoms with Gasteiger partial charge >= 0.3 is 0 Å². The van der Waals surface area contributed by atoms with E-state index in [1.54, 1.807) is 31.2 Å². The quantitative estimate of drug-likeness (QED) is 0.814. The molecular weight excluding hydrogens is 360 g/mol. The molecule has 0 radical (unpaired) electrons. The Bertz CT molecular complexity index is 921. The molecule has 2 aromatic rings. The molecule has 1 N–H and O–H groups in total. The van der Waals surface area contributed by atoms with Crippen LogP contribution >= 0.6 is 11.8 Å². The van der Waals surface area contributed by atoms with E-state index in [9.17, 15) is 9.59 Å². The van der Waals surface area contributed by atoms with E-state index < -0.39 is 0 Å². The van der Waals surface area contributed by atoms with Gasteiger partial charge in [-0.1, -0.05) is 23.9 Å². The lowest BCUT2D eigenvalue weighted by atomic mass is 10.1. The number of fused-ring (bicyclic) bond motifs is 1. The molecule has 0 unspecified atom stereocenters. The molecule has 2 amide bonds. The maximum absolute atomic E-state index is 12.8. The fraction of sp³-hybridized carbons (Fsp3) is 0.238. The van der Waals surface area contributed by atoms with Gasteiger partial charge in [0, 0.05) is 23.5 Å². The van der Waals surface area contributed by atoms with E-state index in [0.29, 0.717) is 10.5 Å². The number of thioether (sulfide) groups is 1. The molecule has 0 spiro atoms. The number of methoxy groups -OCH3 is 1. The SMILES string of the molecule is COc1cccc(C=C2Sc3ccc(C(=O)NC(C)C)cc3N(C)C2=O)c1. The van der Waals surface area contributed by atoms with E-state index in [0.717, 1.165) is 21.9 Å². The number of anilines is 1. The molecule has 1 aliphatic rings. The van der Waals surface area contributed by atoms with Crippen LogP contribution in [-0.4, -0.2) is 32.0 Å². The van der Waals surface area contributed by atoms with Gasteiger partial charge in [-0.15, -0.1) is 0 Å². The average molecular weight is 382 g/mol. The van der Waals surface area contributed by atoms with Crippen molar-refractivity contribution < 1.29 is 14.3 Å². The molecule has 1 aliphatic heterocycles. The van der Waals surface area contributed by atoms with E-state index in [-0.39, 0.29) is 17.9 Å². The van der Waals surface area contributed by atoms with Gasteiger partial charge in [-0.25, -0.2) is 0 Å². The zero-order valence-electron chi connectivity index (χ0n) is 15.8. The van der Waals surface area contributed by atoms with Crippen LogP contribution in [0.2, 0.25) is 0 Å². The minimum atomic E-state index is -0.142. The summed E-state index contributed by atoms with van der Waals surface area (Å²) in [5, 5.41) is 2.87. The van der Waals surface area contributed by atoms with E-state index >= 15 is 0 Å². The highest BCUT2D eigenvalue weighted by Gasteiger charge is 2.27. The largest absolute Gasteiger partial charge is 0.497 e. The summed E-state index contributed by atoms with van der Waals surface area (Å²) in [7, 11) is 3.34. The Morgan fingerprint density at radius 1 is 1.22 bits per heavy atom. The van der Waals surface area contributed by atoms with Crippen LogP contribution in [-0.2, 0) is 4.79 Å². The number of nitrogens with zero attached hydrogens (tertiary/aromatic N) is 1. The maximum atomic E-state index is 12.8. The Hall–Kier alpha value is -2.73. The summed E-state index contributed by atoms with van der Waals surface area (Å²) < 4.78 is 5.24. The third-order valence-electron chi connectivity index (χ3n) is 4.13. The number of benzene rings is 2. The first-order valence-corrected chi connectivity index (χ1v) is 9.47. The summed E-state index contributed by atoms with van der Waals surface area (Å²) in [5.41, 5.74) is 2.18. The van der Waals surface area contributed by atoms with Gasteiger partial charge < -0.3 is 15.0 Å². The Labute approximate surface area is 163 Å². The van der Waals surface area contributed by atoms with Crippen molar-refractivity contribution in [2.45, 2.75) is 24.8 Å². The average Bonchev–Trinajstić information content (AvgIpc) is 2.65. The van der Waals surface area contributed by atoms with Gasteiger partial charge in [-0.3, -0.25) is 9.59 Å². The van der Waals surface area contributed by atoms with Crippen molar-refractivity contribution in [3.63, 3.8) is 0 Å². The van der Waals surface area contributed by atoms with Gasteiger partial charge in [-0.2, -0.15) is 0 Å². The van der Waals surface area contributed by atoms with Crippen molar-refractivity contribution in [1.29, 1.82) is 0 Å². The summed E-state index contributed by atoms with van der Waals surface area (Å²) in [4.78, 5) is 28.2. The molecule has 0 aromatic heterocycles. The van der Waals surface area contributed by atoms with E-state index in [1.165, 1.54) is 11.8 Å². The molecule has 0 bridgehead atoms. The fourth-order valence-corrected chi connectivity index (χ4v) is 3.86. The highest BCUT2D eigenvalue weighted by Crippen LogP contribution is 2.42. The Balaban J connectivity index is 1.92. The molecule has 0 aliphatic carbocycles. The molecule has 5 nitrogen and oxygen atoms in total. The molecule has 1 heterocycles. The highest BCUT2D eigenvalue weighted by molar-refractivity contribution is 8.04. The molecule has 3 rings (SSSR count). The second-order valence-corrected chi connectivity index (χ2v) is 7.65. The molecule has 0 atom stereocenters. The Morgan fingerprint density at radius 2 is 2.00 bits per heavy atom. The van der Waals surface area contributed by atoms with Crippen molar-refractivity contribution in [1.82, 2.24) is 5.32 Å². The second-order valence-electron chi connectivity index (χ2n) is 6.56. The van der Waals surface area contributed by atoms with Crippen LogP contribution in [0.3, 0.4) is 0 Å². The predicted molar refractivity (Wildman–Crippen MR) is 109 cm³/mol. The van der Waals surface area contributed by atoms with E-state index in [1.807, 2.05) is 50.3 Å². The monoisotopic (exact) mass is 382 g/mol. The van der Waals surface area contributed by atoms with Crippen molar-refractivity contribution in [2.75, 3.05) is 19.1 Å². The second kappa shape index (κ2) is 7.88. The molecule has 2 aromatic carbocycles. The van der Waals surface area contributed by atoms with Crippen molar-refractivity contribution in [2.24, 2.45) is 0 Å². The number of ether oxygens (including phenoxy) is 1. The number of carbonyl (C=O) groups excluding carboxylic acids is 2. The number of rotatable bonds is 4. The predicted octanol–water partition coefficient (Wildman–Crippen LogP) is 3.94. The zero-order chi connectivity index (χ0) is 19.6. The number of amides is 2. The summed E-state index contributed by atoms with van der Waals surface area (Å²) >= 11 is 1.41. The fourth-order valence-electron chi connectivity index (χ4n) is 2.76. The van der Waals surface area contributed by atoms with Gasteiger partial charge in [0.1, 0.15) is 5.75 Å². The number of hydrogen-bond donors (Lipinski definition) is 1. The van der Waals surface area contributed by atoms with Gasteiger partial charge in [0.15, 0.2) is 0 Å². The van der Waals surface area contributed by atoms with Crippen LogP contribution in [0.5, 0.6) is 5.75 Å². The summed E-state index contributed by atoms with van der Waals surface area (Å²) in [6, 6.07) is 13.1. The smallest absolute Gasteiger partial charge is 0.264 e. The van der Waals surface area contributed by atoms with Gasteiger partial charge in [0.25, 0.3) is 11.8 Å². The molecular formula is C21H22N2O3S. The van der Waals surface area contributed by atoms with Crippen LogP contribution < -0.4 is 15.0 Å². The summed E-state index contributed by atoms with van der Waals surface area (Å²) in [6.07, 6.45) is 1.86. The lowest BCUT2D eigenvalue weighted by molar-refractivity contribution is -0.114. The third kappa shape index (κ3) is 4.17. The summed E-state index contributed by atoms with van der Waals surface area (Å²) in [5.74, 6) is 0.500. The number of nitrogens with one attached hydrogen (secondary N) is 1. The third-order valence-corrected chi connectivity index (χ3v) is 5.21. The van der Waals surface area contributed by atoms with E-state index in [2.05, 4.69) is 5.32 Å². The molecule has 0 fully saturated rings. The Kier molecular flexibility index (Phi) is 5.56. The summed E-state index contributed by atoms with van der Waals surface area (Å²) in [6.45, 7) is 3.83. The molecule has 0 saturated carbocycles. The van der Waals surface area contributed by atoms with Gasteiger partial charge in [0.2, 0.25) is 0 Å². The van der Waals surface area contributed by atoms with Crippen LogP contribution in [0.4, 0.5) is 5.69 Å². The topological polar surface area (TPSA) is 58.6 Å². The lowest BCUT2D eigenvalue weighted by Crippen LogP contribution is -2.32.